The van der Waals surface area contributed by atoms with Crippen molar-refractivity contribution in [3.63, 3.8) is 0 Å². The molecule has 3 heterocycles. The van der Waals surface area contributed by atoms with Crippen molar-refractivity contribution in [3.8, 4) is 0 Å². The molecule has 36 heavy (non-hydrogen) atoms. The highest BCUT2D eigenvalue weighted by molar-refractivity contribution is 5.91. The fourth-order valence-electron chi connectivity index (χ4n) is 4.42. The third-order valence-electron chi connectivity index (χ3n) is 6.50. The van der Waals surface area contributed by atoms with E-state index in [1.807, 2.05) is 0 Å². The number of halogens is 3. The van der Waals surface area contributed by atoms with Gasteiger partial charge in [0, 0.05) is 42.5 Å². The Morgan fingerprint density at radius 2 is 1.92 bits per heavy atom. The number of pyridine rings is 2. The second-order valence-corrected chi connectivity index (χ2v) is 8.84. The Morgan fingerprint density at radius 3 is 2.61 bits per heavy atom. The van der Waals surface area contributed by atoms with Gasteiger partial charge in [0.05, 0.1) is 35.6 Å². The first kappa shape index (κ1) is 25.6. The fourth-order valence-corrected chi connectivity index (χ4v) is 4.42. The molecule has 0 bridgehead atoms. The molecule has 1 aliphatic rings. The predicted molar refractivity (Wildman–Crippen MR) is 128 cm³/mol. The zero-order chi connectivity index (χ0) is 25.9. The van der Waals surface area contributed by atoms with Crippen LogP contribution in [0.4, 0.5) is 23.7 Å². The van der Waals surface area contributed by atoms with Gasteiger partial charge in [0.15, 0.2) is 0 Å². The summed E-state index contributed by atoms with van der Waals surface area (Å²) in [5.74, 6) is -0.947. The van der Waals surface area contributed by atoms with Gasteiger partial charge in [-0.3, -0.25) is 9.97 Å². The van der Waals surface area contributed by atoms with E-state index in [4.69, 9.17) is 5.11 Å². The van der Waals surface area contributed by atoms with Crippen molar-refractivity contribution in [1.82, 2.24) is 20.2 Å². The number of piperidine rings is 1. The lowest BCUT2D eigenvalue weighted by Gasteiger charge is -2.37. The minimum atomic E-state index is -2.92. The Balaban J connectivity index is 1.57. The van der Waals surface area contributed by atoms with Crippen molar-refractivity contribution in [2.75, 3.05) is 31.6 Å². The lowest BCUT2D eigenvalue weighted by atomic mass is 9.87. The second kappa shape index (κ2) is 10.7. The molecule has 2 aromatic heterocycles. The summed E-state index contributed by atoms with van der Waals surface area (Å²) in [6.45, 7) is 2.29. The van der Waals surface area contributed by atoms with Crippen LogP contribution in [-0.2, 0) is 5.60 Å². The normalized spacial score (nSPS) is 16.2. The Bertz CT molecular complexity index is 1230. The number of nitrogens with zero attached hydrogens (tertiary/aromatic N) is 3. The number of fused-ring (bicyclic) bond motifs is 1. The third kappa shape index (κ3) is 5.21. The fraction of sp³-hybridized carbons (Fsp3) is 0.400. The van der Waals surface area contributed by atoms with Crippen LogP contribution in [-0.4, -0.2) is 57.4 Å². The summed E-state index contributed by atoms with van der Waals surface area (Å²) in [4.78, 5) is 22.4. The third-order valence-corrected chi connectivity index (χ3v) is 6.50. The summed E-state index contributed by atoms with van der Waals surface area (Å²) in [6, 6.07) is 6.40. The molecule has 0 unspecified atom stereocenters. The van der Waals surface area contributed by atoms with Gasteiger partial charge in [0.25, 0.3) is 6.43 Å². The first-order valence-electron chi connectivity index (χ1n) is 11.7. The van der Waals surface area contributed by atoms with Crippen LogP contribution in [0.1, 0.15) is 49.1 Å². The van der Waals surface area contributed by atoms with E-state index in [1.165, 1.54) is 18.3 Å². The number of alkyl halides is 2. The van der Waals surface area contributed by atoms with E-state index in [0.29, 0.717) is 35.4 Å². The lowest BCUT2D eigenvalue weighted by Crippen LogP contribution is -2.49. The number of anilines is 1. The molecular formula is C25H28F3N5O3. The van der Waals surface area contributed by atoms with Crippen LogP contribution in [0.25, 0.3) is 10.9 Å². The summed E-state index contributed by atoms with van der Waals surface area (Å²) in [5.41, 5.74) is -0.258. The maximum Gasteiger partial charge on any atom is 0.317 e. The molecule has 8 nitrogen and oxygen atoms in total. The first-order chi connectivity index (χ1) is 17.2. The number of carbonyl (C=O) groups excluding carboxylic acids is 1. The summed E-state index contributed by atoms with van der Waals surface area (Å²) in [6.07, 6.45) is 0.715. The van der Waals surface area contributed by atoms with Crippen molar-refractivity contribution in [2.24, 2.45) is 0 Å². The zero-order valence-electron chi connectivity index (χ0n) is 19.7. The van der Waals surface area contributed by atoms with Crippen molar-refractivity contribution in [2.45, 2.75) is 37.8 Å². The van der Waals surface area contributed by atoms with Crippen LogP contribution in [0.5, 0.6) is 0 Å². The van der Waals surface area contributed by atoms with Gasteiger partial charge in [-0.2, -0.15) is 0 Å². The van der Waals surface area contributed by atoms with Crippen molar-refractivity contribution >= 4 is 22.6 Å². The van der Waals surface area contributed by atoms with Crippen LogP contribution in [0, 0.1) is 5.82 Å². The lowest BCUT2D eigenvalue weighted by molar-refractivity contribution is -0.0202. The molecule has 0 radical (unpaired) electrons. The molecule has 1 aliphatic heterocycles. The Kier molecular flexibility index (Phi) is 7.60. The Labute approximate surface area is 206 Å². The van der Waals surface area contributed by atoms with Crippen LogP contribution < -0.4 is 10.6 Å². The Morgan fingerprint density at radius 1 is 1.19 bits per heavy atom. The van der Waals surface area contributed by atoms with E-state index in [9.17, 15) is 23.1 Å². The molecule has 0 aliphatic carbocycles. The molecule has 1 saturated heterocycles. The molecule has 11 heteroatoms. The minimum Gasteiger partial charge on any atom is -0.395 e. The predicted octanol–water partition coefficient (Wildman–Crippen LogP) is 3.86. The standard InChI is InChI=1S/C25H28F3N5O3/c1-15(16-3-2-4-17(22(16)26)23(27)28)32-19-5-8-29-20-14-31-21(13-18(19)20)25(36)6-10-33(11-7-25)24(35)30-9-12-34/h2-5,8,13-15,23,34,36H,6-7,9-12H2,1H3,(H,29,32)(H,30,35)/t15-/m1/s1. The number of amides is 2. The molecule has 0 spiro atoms. The van der Waals surface area contributed by atoms with Crippen LogP contribution in [0.15, 0.2) is 42.7 Å². The van der Waals surface area contributed by atoms with Crippen LogP contribution in [0.3, 0.4) is 0 Å². The van der Waals surface area contributed by atoms with Gasteiger partial charge in [-0.05, 0) is 31.9 Å². The molecule has 0 saturated carbocycles. The summed E-state index contributed by atoms with van der Waals surface area (Å²) in [7, 11) is 0. The number of aromatic nitrogens is 2. The zero-order valence-corrected chi connectivity index (χ0v) is 19.7. The van der Waals surface area contributed by atoms with E-state index < -0.39 is 29.4 Å². The maximum atomic E-state index is 14.7. The number of urea groups is 1. The molecule has 2 amide bonds. The quantitative estimate of drug-likeness (QED) is 0.390. The van der Waals surface area contributed by atoms with Gasteiger partial charge in [-0.15, -0.1) is 0 Å². The van der Waals surface area contributed by atoms with E-state index in [1.54, 1.807) is 30.2 Å². The van der Waals surface area contributed by atoms with Gasteiger partial charge in [0.2, 0.25) is 0 Å². The van der Waals surface area contributed by atoms with E-state index in [2.05, 4.69) is 20.6 Å². The minimum absolute atomic E-state index is 0.109. The van der Waals surface area contributed by atoms with Gasteiger partial charge < -0.3 is 25.7 Å². The highest BCUT2D eigenvalue weighted by atomic mass is 19.3. The molecule has 4 rings (SSSR count). The Hall–Kier alpha value is -3.44. The van der Waals surface area contributed by atoms with E-state index in [0.717, 1.165) is 6.07 Å². The number of hydrogen-bond donors (Lipinski definition) is 4. The van der Waals surface area contributed by atoms with Crippen LogP contribution >= 0.6 is 0 Å². The molecular weight excluding hydrogens is 475 g/mol. The van der Waals surface area contributed by atoms with Gasteiger partial charge in [-0.1, -0.05) is 18.2 Å². The van der Waals surface area contributed by atoms with Gasteiger partial charge >= 0.3 is 6.03 Å². The largest absolute Gasteiger partial charge is 0.395 e. The van der Waals surface area contributed by atoms with Crippen molar-refractivity contribution in [3.05, 3.63) is 65.4 Å². The summed E-state index contributed by atoms with van der Waals surface area (Å²) in [5, 5.41) is 26.6. The number of hydrogen-bond acceptors (Lipinski definition) is 6. The number of nitrogens with one attached hydrogen (secondary N) is 2. The summed E-state index contributed by atoms with van der Waals surface area (Å²) >= 11 is 0. The highest BCUT2D eigenvalue weighted by Crippen LogP contribution is 2.35. The average Bonchev–Trinajstić information content (AvgIpc) is 2.87. The number of aliphatic hydroxyl groups is 2. The smallest absolute Gasteiger partial charge is 0.317 e. The molecule has 1 fully saturated rings. The molecule has 3 aromatic rings. The first-order valence-corrected chi connectivity index (χ1v) is 11.7. The van der Waals surface area contributed by atoms with Crippen molar-refractivity contribution in [1.29, 1.82) is 0 Å². The maximum absolute atomic E-state index is 14.7. The SMILES string of the molecule is C[C@@H](Nc1ccnc2cnc(C3(O)CCN(C(=O)NCCO)CC3)cc12)c1cccc(C(F)F)c1F. The molecule has 192 valence electrons. The van der Waals surface area contributed by atoms with Crippen LogP contribution in [0.2, 0.25) is 0 Å². The second-order valence-electron chi connectivity index (χ2n) is 8.84. The number of benzene rings is 1. The van der Waals surface area contributed by atoms with E-state index in [-0.39, 0.29) is 37.6 Å². The number of likely N-dealkylation sites (tertiary alicyclic amines) is 1. The van der Waals surface area contributed by atoms with Crippen molar-refractivity contribution < 1.29 is 28.2 Å². The van der Waals surface area contributed by atoms with Gasteiger partial charge in [-0.25, -0.2) is 18.0 Å². The van der Waals surface area contributed by atoms with E-state index >= 15 is 0 Å². The number of carbonyl (C=O) groups is 1. The summed E-state index contributed by atoms with van der Waals surface area (Å²) < 4.78 is 41.0. The average molecular weight is 504 g/mol. The molecule has 4 N–H and O–H groups in total. The highest BCUT2D eigenvalue weighted by Gasteiger charge is 2.37. The molecule has 1 aromatic carbocycles. The molecule has 1 atom stereocenters. The number of rotatable bonds is 7. The topological polar surface area (TPSA) is 111 Å². The number of aliphatic hydroxyl groups excluding tert-OH is 1. The van der Waals surface area contributed by atoms with Gasteiger partial charge in [0.1, 0.15) is 11.4 Å². The monoisotopic (exact) mass is 503 g/mol.